The molecule has 1 N–H and O–H groups in total. The zero-order chi connectivity index (χ0) is 20.1. The van der Waals surface area contributed by atoms with Crippen LogP contribution in [0.5, 0.6) is 5.75 Å². The van der Waals surface area contributed by atoms with E-state index < -0.39 is 0 Å². The lowest BCUT2D eigenvalue weighted by Crippen LogP contribution is -2.40. The summed E-state index contributed by atoms with van der Waals surface area (Å²) in [6.07, 6.45) is 1.51. The highest BCUT2D eigenvalue weighted by Gasteiger charge is 2.18. The van der Waals surface area contributed by atoms with Gasteiger partial charge in [0.25, 0.3) is 5.91 Å². The summed E-state index contributed by atoms with van der Waals surface area (Å²) in [4.78, 5) is 23.0. The molecular formula is C22H22N4O3. The molecule has 2 heterocycles. The molecule has 1 aliphatic rings. The summed E-state index contributed by atoms with van der Waals surface area (Å²) >= 11 is 0. The summed E-state index contributed by atoms with van der Waals surface area (Å²) in [7, 11) is 1.64. The number of ether oxygens (including phenoxy) is 2. The maximum absolute atomic E-state index is 12.5. The molecule has 0 bridgehead atoms. The van der Waals surface area contributed by atoms with Gasteiger partial charge in [0.1, 0.15) is 17.9 Å². The minimum Gasteiger partial charge on any atom is -0.496 e. The van der Waals surface area contributed by atoms with Crippen molar-refractivity contribution in [3.8, 4) is 17.0 Å². The molecule has 0 aliphatic carbocycles. The fraction of sp³-hybridized carbons (Fsp3) is 0.227. The van der Waals surface area contributed by atoms with Crippen LogP contribution in [-0.2, 0) is 4.74 Å². The summed E-state index contributed by atoms with van der Waals surface area (Å²) in [6, 6.07) is 17.0. The van der Waals surface area contributed by atoms with Crippen molar-refractivity contribution in [3.05, 3.63) is 66.5 Å². The maximum atomic E-state index is 12.5. The summed E-state index contributed by atoms with van der Waals surface area (Å²) in [6.45, 7) is 2.44. The second-order valence-corrected chi connectivity index (χ2v) is 6.60. The maximum Gasteiger partial charge on any atom is 0.254 e. The number of aromatic nitrogens is 2. The van der Waals surface area contributed by atoms with Crippen LogP contribution in [-0.4, -0.2) is 54.2 Å². The number of nitrogens with one attached hydrogen (secondary N) is 1. The van der Waals surface area contributed by atoms with Gasteiger partial charge in [-0.05, 0) is 36.4 Å². The summed E-state index contributed by atoms with van der Waals surface area (Å²) in [5.41, 5.74) is 3.16. The van der Waals surface area contributed by atoms with Crippen molar-refractivity contribution >= 4 is 17.4 Å². The molecule has 0 spiro atoms. The van der Waals surface area contributed by atoms with E-state index in [2.05, 4.69) is 15.3 Å². The van der Waals surface area contributed by atoms with Gasteiger partial charge < -0.3 is 19.7 Å². The molecule has 1 aromatic heterocycles. The molecule has 1 fully saturated rings. The lowest BCUT2D eigenvalue weighted by molar-refractivity contribution is 0.0303. The zero-order valence-corrected chi connectivity index (χ0v) is 16.2. The van der Waals surface area contributed by atoms with Crippen LogP contribution in [0.25, 0.3) is 11.3 Å². The van der Waals surface area contributed by atoms with Crippen molar-refractivity contribution in [1.29, 1.82) is 0 Å². The molecule has 0 saturated carbocycles. The fourth-order valence-corrected chi connectivity index (χ4v) is 3.22. The highest BCUT2D eigenvalue weighted by atomic mass is 16.5. The lowest BCUT2D eigenvalue weighted by atomic mass is 10.1. The van der Waals surface area contributed by atoms with Crippen molar-refractivity contribution in [2.75, 3.05) is 38.7 Å². The van der Waals surface area contributed by atoms with E-state index in [0.29, 0.717) is 37.7 Å². The highest BCUT2D eigenvalue weighted by Crippen LogP contribution is 2.29. The number of amides is 1. The van der Waals surface area contributed by atoms with Gasteiger partial charge in [0.15, 0.2) is 0 Å². The van der Waals surface area contributed by atoms with E-state index in [-0.39, 0.29) is 5.91 Å². The Balaban J connectivity index is 1.49. The van der Waals surface area contributed by atoms with E-state index in [4.69, 9.17) is 9.47 Å². The Kier molecular flexibility index (Phi) is 5.67. The molecule has 7 nitrogen and oxygen atoms in total. The molecule has 3 aromatic rings. The van der Waals surface area contributed by atoms with Crippen LogP contribution in [0.15, 0.2) is 60.9 Å². The Labute approximate surface area is 169 Å². The van der Waals surface area contributed by atoms with E-state index in [1.54, 1.807) is 7.11 Å². The van der Waals surface area contributed by atoms with Crippen LogP contribution in [0.2, 0.25) is 0 Å². The molecule has 4 rings (SSSR count). The molecule has 0 unspecified atom stereocenters. The second-order valence-electron chi connectivity index (χ2n) is 6.60. The predicted octanol–water partition coefficient (Wildman–Crippen LogP) is 3.37. The first-order chi connectivity index (χ1) is 14.2. The van der Waals surface area contributed by atoms with Gasteiger partial charge in [0.2, 0.25) is 0 Å². The first-order valence-corrected chi connectivity index (χ1v) is 9.44. The van der Waals surface area contributed by atoms with Gasteiger partial charge in [0, 0.05) is 36.0 Å². The standard InChI is InChI=1S/C22H22N4O3/c1-28-20-5-3-2-4-18(20)19-14-21(24-15-23-19)25-17-8-6-16(7-9-17)22(27)26-10-12-29-13-11-26/h2-9,14-15H,10-13H2,1H3,(H,23,24,25). The molecule has 0 radical (unpaired) electrons. The van der Waals surface area contributed by atoms with Crippen molar-refractivity contribution in [2.24, 2.45) is 0 Å². The molecule has 1 amide bonds. The third-order valence-electron chi connectivity index (χ3n) is 4.75. The number of methoxy groups -OCH3 is 1. The Morgan fingerprint density at radius 3 is 2.59 bits per heavy atom. The molecule has 7 heteroatoms. The minimum absolute atomic E-state index is 0.0281. The number of rotatable bonds is 5. The number of benzene rings is 2. The van der Waals surface area contributed by atoms with Gasteiger partial charge >= 0.3 is 0 Å². The molecule has 29 heavy (non-hydrogen) atoms. The van der Waals surface area contributed by atoms with Crippen molar-refractivity contribution < 1.29 is 14.3 Å². The van der Waals surface area contributed by atoms with Crippen molar-refractivity contribution in [1.82, 2.24) is 14.9 Å². The quantitative estimate of drug-likeness (QED) is 0.720. The summed E-state index contributed by atoms with van der Waals surface area (Å²) in [5.74, 6) is 1.44. The third kappa shape index (κ3) is 4.35. The normalized spacial score (nSPS) is 13.8. The molecule has 148 valence electrons. The highest BCUT2D eigenvalue weighted by molar-refractivity contribution is 5.94. The number of carbonyl (C=O) groups excluding carboxylic acids is 1. The van der Waals surface area contributed by atoms with Crippen LogP contribution in [0, 0.1) is 0 Å². The minimum atomic E-state index is 0.0281. The number of hydrogen-bond donors (Lipinski definition) is 1. The van der Waals surface area contributed by atoms with Gasteiger partial charge in [-0.2, -0.15) is 0 Å². The topological polar surface area (TPSA) is 76.6 Å². The third-order valence-corrected chi connectivity index (χ3v) is 4.75. The van der Waals surface area contributed by atoms with E-state index in [1.165, 1.54) is 6.33 Å². The van der Waals surface area contributed by atoms with E-state index in [9.17, 15) is 4.79 Å². The van der Waals surface area contributed by atoms with E-state index in [0.717, 1.165) is 22.7 Å². The van der Waals surface area contributed by atoms with Gasteiger partial charge in [-0.25, -0.2) is 9.97 Å². The van der Waals surface area contributed by atoms with Crippen LogP contribution in [0.4, 0.5) is 11.5 Å². The zero-order valence-electron chi connectivity index (χ0n) is 16.2. The van der Waals surface area contributed by atoms with E-state index >= 15 is 0 Å². The Bertz CT molecular complexity index is 985. The van der Waals surface area contributed by atoms with Gasteiger partial charge in [0.05, 0.1) is 26.0 Å². The molecule has 2 aromatic carbocycles. The van der Waals surface area contributed by atoms with Crippen molar-refractivity contribution in [2.45, 2.75) is 0 Å². The largest absolute Gasteiger partial charge is 0.496 e. The number of hydrogen-bond acceptors (Lipinski definition) is 6. The first kappa shape index (κ1) is 18.9. The summed E-state index contributed by atoms with van der Waals surface area (Å²) in [5, 5.41) is 3.26. The Hall–Kier alpha value is -3.45. The van der Waals surface area contributed by atoms with E-state index in [1.807, 2.05) is 59.5 Å². The lowest BCUT2D eigenvalue weighted by Gasteiger charge is -2.26. The molecule has 1 saturated heterocycles. The molecular weight excluding hydrogens is 368 g/mol. The number of carbonyl (C=O) groups is 1. The van der Waals surface area contributed by atoms with Gasteiger partial charge in [-0.3, -0.25) is 4.79 Å². The number of para-hydroxylation sites is 1. The Morgan fingerprint density at radius 1 is 1.07 bits per heavy atom. The average molecular weight is 390 g/mol. The van der Waals surface area contributed by atoms with Crippen LogP contribution >= 0.6 is 0 Å². The molecule has 0 atom stereocenters. The predicted molar refractivity (Wildman–Crippen MR) is 110 cm³/mol. The number of anilines is 2. The smallest absolute Gasteiger partial charge is 0.254 e. The van der Waals surface area contributed by atoms with Crippen molar-refractivity contribution in [3.63, 3.8) is 0 Å². The first-order valence-electron chi connectivity index (χ1n) is 9.44. The molecule has 1 aliphatic heterocycles. The number of nitrogens with zero attached hydrogens (tertiary/aromatic N) is 3. The van der Waals surface area contributed by atoms with Crippen LogP contribution < -0.4 is 10.1 Å². The monoisotopic (exact) mass is 390 g/mol. The van der Waals surface area contributed by atoms with Gasteiger partial charge in [-0.1, -0.05) is 12.1 Å². The van der Waals surface area contributed by atoms with Gasteiger partial charge in [-0.15, -0.1) is 0 Å². The second kappa shape index (κ2) is 8.70. The number of morpholine rings is 1. The Morgan fingerprint density at radius 2 is 1.83 bits per heavy atom. The average Bonchev–Trinajstić information content (AvgIpc) is 2.80. The van der Waals surface area contributed by atoms with Crippen LogP contribution in [0.3, 0.4) is 0 Å². The SMILES string of the molecule is COc1ccccc1-c1cc(Nc2ccc(C(=O)N3CCOCC3)cc2)ncn1. The summed E-state index contributed by atoms with van der Waals surface area (Å²) < 4.78 is 10.7. The van der Waals surface area contributed by atoms with Crippen LogP contribution in [0.1, 0.15) is 10.4 Å². The fourth-order valence-electron chi connectivity index (χ4n) is 3.22.